The third-order valence-electron chi connectivity index (χ3n) is 4.16. The topological polar surface area (TPSA) is 58.4 Å². The number of carbonyl (C=O) groups excluding carboxylic acids is 1. The van der Waals surface area contributed by atoms with E-state index >= 15 is 0 Å². The van der Waals surface area contributed by atoms with Gasteiger partial charge in [-0.3, -0.25) is 10.1 Å². The molecule has 4 nitrogen and oxygen atoms in total. The molecule has 1 unspecified atom stereocenters. The van der Waals surface area contributed by atoms with Crippen LogP contribution in [0.2, 0.25) is 0 Å². The van der Waals surface area contributed by atoms with E-state index in [0.29, 0.717) is 12.1 Å². The lowest BCUT2D eigenvalue weighted by molar-refractivity contribution is -0.124. The Bertz CT molecular complexity index is 284. The van der Waals surface area contributed by atoms with E-state index < -0.39 is 5.54 Å². The van der Waals surface area contributed by atoms with E-state index in [1.807, 2.05) is 6.92 Å². The average Bonchev–Trinajstić information content (AvgIpc) is 2.89. The largest absolute Gasteiger partial charge is 0.368 e. The summed E-state index contributed by atoms with van der Waals surface area (Å²) in [5.74, 6) is -0.228. The molecule has 2 aliphatic rings. The summed E-state index contributed by atoms with van der Waals surface area (Å²) < 4.78 is 0. The molecular formula is C13H25N3O. The van der Waals surface area contributed by atoms with Crippen molar-refractivity contribution in [3.8, 4) is 0 Å². The van der Waals surface area contributed by atoms with E-state index in [1.54, 1.807) is 0 Å². The van der Waals surface area contributed by atoms with Gasteiger partial charge in [0.25, 0.3) is 0 Å². The van der Waals surface area contributed by atoms with Crippen LogP contribution in [-0.2, 0) is 4.79 Å². The summed E-state index contributed by atoms with van der Waals surface area (Å²) >= 11 is 0. The first kappa shape index (κ1) is 12.8. The van der Waals surface area contributed by atoms with Crippen molar-refractivity contribution >= 4 is 5.91 Å². The Morgan fingerprint density at radius 1 is 1.35 bits per heavy atom. The Balaban J connectivity index is 1.93. The quantitative estimate of drug-likeness (QED) is 0.722. The molecule has 2 fully saturated rings. The molecule has 0 saturated heterocycles. The maximum absolute atomic E-state index is 11.7. The summed E-state index contributed by atoms with van der Waals surface area (Å²) in [5, 5.41) is 3.40. The highest BCUT2D eigenvalue weighted by Gasteiger charge is 2.39. The number of primary amides is 1. The van der Waals surface area contributed by atoms with Crippen molar-refractivity contribution in [3.05, 3.63) is 0 Å². The summed E-state index contributed by atoms with van der Waals surface area (Å²) in [5.41, 5.74) is 4.99. The second-order valence-electron chi connectivity index (χ2n) is 5.97. The smallest absolute Gasteiger partial charge is 0.238 e. The van der Waals surface area contributed by atoms with Gasteiger partial charge in [-0.25, -0.2) is 0 Å². The fourth-order valence-electron chi connectivity index (χ4n) is 2.85. The molecule has 0 radical (unpaired) electrons. The van der Waals surface area contributed by atoms with Gasteiger partial charge in [-0.1, -0.05) is 12.8 Å². The van der Waals surface area contributed by atoms with Gasteiger partial charge in [0.15, 0.2) is 0 Å². The number of likely N-dealkylation sites (N-methyl/N-ethyl adjacent to an activating group) is 1. The highest BCUT2D eigenvalue weighted by atomic mass is 16.1. The van der Waals surface area contributed by atoms with Gasteiger partial charge in [-0.2, -0.15) is 0 Å². The first-order valence-electron chi connectivity index (χ1n) is 6.79. The molecule has 0 heterocycles. The molecule has 0 aromatic rings. The molecular weight excluding hydrogens is 214 g/mol. The van der Waals surface area contributed by atoms with E-state index in [4.69, 9.17) is 5.73 Å². The van der Waals surface area contributed by atoms with Crippen LogP contribution in [0, 0.1) is 0 Å². The number of nitrogens with two attached hydrogens (primary N) is 1. The van der Waals surface area contributed by atoms with Crippen molar-refractivity contribution in [2.45, 2.75) is 63.1 Å². The molecule has 0 spiro atoms. The van der Waals surface area contributed by atoms with E-state index in [0.717, 1.165) is 6.54 Å². The number of rotatable bonds is 6. The first-order chi connectivity index (χ1) is 8.01. The van der Waals surface area contributed by atoms with Gasteiger partial charge in [0.05, 0.1) is 0 Å². The molecule has 2 aliphatic carbocycles. The number of hydrogen-bond acceptors (Lipinski definition) is 3. The van der Waals surface area contributed by atoms with Crippen molar-refractivity contribution in [1.82, 2.24) is 10.2 Å². The van der Waals surface area contributed by atoms with E-state index in [1.165, 1.54) is 38.5 Å². The molecule has 0 aliphatic heterocycles. The predicted octanol–water partition coefficient (Wildman–Crippen LogP) is 0.857. The van der Waals surface area contributed by atoms with Crippen LogP contribution in [0.25, 0.3) is 0 Å². The molecule has 1 amide bonds. The Kier molecular flexibility index (Phi) is 3.73. The zero-order valence-electron chi connectivity index (χ0n) is 11.0. The van der Waals surface area contributed by atoms with Gasteiger partial charge in [0.1, 0.15) is 5.54 Å². The zero-order valence-corrected chi connectivity index (χ0v) is 11.0. The standard InChI is InChI=1S/C13H25N3O/c1-13(12(14)17,15-10-7-8-10)9-16(2)11-5-3-4-6-11/h10-11,15H,3-9H2,1-2H3,(H2,14,17). The van der Waals surface area contributed by atoms with Gasteiger partial charge >= 0.3 is 0 Å². The molecule has 98 valence electrons. The summed E-state index contributed by atoms with van der Waals surface area (Å²) in [6, 6.07) is 1.14. The number of nitrogens with zero attached hydrogens (tertiary/aromatic N) is 1. The minimum atomic E-state index is -0.571. The third kappa shape index (κ3) is 3.19. The molecule has 0 aromatic carbocycles. The van der Waals surface area contributed by atoms with Crippen molar-refractivity contribution in [2.24, 2.45) is 5.73 Å². The second-order valence-corrected chi connectivity index (χ2v) is 5.97. The van der Waals surface area contributed by atoms with Crippen LogP contribution in [0.5, 0.6) is 0 Å². The van der Waals surface area contributed by atoms with E-state index in [-0.39, 0.29) is 5.91 Å². The Hall–Kier alpha value is -0.610. The number of amides is 1. The van der Waals surface area contributed by atoms with Crippen LogP contribution in [0.4, 0.5) is 0 Å². The lowest BCUT2D eigenvalue weighted by atomic mass is 9.99. The summed E-state index contributed by atoms with van der Waals surface area (Å²) in [7, 11) is 2.12. The van der Waals surface area contributed by atoms with Crippen LogP contribution in [0.15, 0.2) is 0 Å². The number of hydrogen-bond donors (Lipinski definition) is 2. The third-order valence-corrected chi connectivity index (χ3v) is 4.16. The van der Waals surface area contributed by atoms with Crippen LogP contribution < -0.4 is 11.1 Å². The first-order valence-corrected chi connectivity index (χ1v) is 6.79. The Morgan fingerprint density at radius 2 is 1.94 bits per heavy atom. The summed E-state index contributed by atoms with van der Waals surface area (Å²) in [4.78, 5) is 14.0. The van der Waals surface area contributed by atoms with Crippen molar-refractivity contribution in [1.29, 1.82) is 0 Å². The molecule has 0 aromatic heterocycles. The van der Waals surface area contributed by atoms with E-state index in [2.05, 4.69) is 17.3 Å². The van der Waals surface area contributed by atoms with Crippen molar-refractivity contribution < 1.29 is 4.79 Å². The maximum atomic E-state index is 11.7. The Morgan fingerprint density at radius 3 is 2.41 bits per heavy atom. The molecule has 0 bridgehead atoms. The van der Waals surface area contributed by atoms with E-state index in [9.17, 15) is 4.79 Å². The number of nitrogens with one attached hydrogen (secondary N) is 1. The lowest BCUT2D eigenvalue weighted by Gasteiger charge is -2.35. The minimum absolute atomic E-state index is 0.228. The highest BCUT2D eigenvalue weighted by molar-refractivity contribution is 5.84. The van der Waals surface area contributed by atoms with Gasteiger partial charge in [0.2, 0.25) is 5.91 Å². The fourth-order valence-corrected chi connectivity index (χ4v) is 2.85. The second kappa shape index (κ2) is 4.94. The molecule has 2 saturated carbocycles. The van der Waals surface area contributed by atoms with Crippen molar-refractivity contribution in [3.63, 3.8) is 0 Å². The number of carbonyl (C=O) groups is 1. The summed E-state index contributed by atoms with van der Waals surface area (Å²) in [6.45, 7) is 2.67. The van der Waals surface area contributed by atoms with Gasteiger partial charge in [0, 0.05) is 18.6 Å². The monoisotopic (exact) mass is 239 g/mol. The Labute approximate surface area is 104 Å². The molecule has 2 rings (SSSR count). The minimum Gasteiger partial charge on any atom is -0.368 e. The van der Waals surface area contributed by atoms with Gasteiger partial charge < -0.3 is 10.6 Å². The van der Waals surface area contributed by atoms with Gasteiger partial charge in [-0.15, -0.1) is 0 Å². The average molecular weight is 239 g/mol. The zero-order chi connectivity index (χ0) is 12.5. The highest BCUT2D eigenvalue weighted by Crippen LogP contribution is 2.26. The SMILES string of the molecule is CN(CC(C)(NC1CC1)C(N)=O)C1CCCC1. The maximum Gasteiger partial charge on any atom is 0.238 e. The van der Waals surface area contributed by atoms with Crippen LogP contribution in [0.3, 0.4) is 0 Å². The predicted molar refractivity (Wildman–Crippen MR) is 68.6 cm³/mol. The summed E-state index contributed by atoms with van der Waals surface area (Å²) in [6.07, 6.45) is 7.51. The van der Waals surface area contributed by atoms with Crippen LogP contribution >= 0.6 is 0 Å². The molecule has 3 N–H and O–H groups in total. The molecule has 4 heteroatoms. The molecule has 17 heavy (non-hydrogen) atoms. The van der Waals surface area contributed by atoms with Crippen LogP contribution in [-0.4, -0.2) is 42.0 Å². The van der Waals surface area contributed by atoms with Crippen molar-refractivity contribution in [2.75, 3.05) is 13.6 Å². The molecule has 1 atom stereocenters. The lowest BCUT2D eigenvalue weighted by Crippen LogP contribution is -2.60. The normalized spacial score (nSPS) is 25.1. The van der Waals surface area contributed by atoms with Crippen LogP contribution in [0.1, 0.15) is 45.4 Å². The fraction of sp³-hybridized carbons (Fsp3) is 0.923. The van der Waals surface area contributed by atoms with Gasteiger partial charge in [-0.05, 0) is 39.7 Å².